The van der Waals surface area contributed by atoms with Crippen molar-refractivity contribution in [3.63, 3.8) is 0 Å². The van der Waals surface area contributed by atoms with E-state index in [1.165, 1.54) is 41.9 Å². The summed E-state index contributed by atoms with van der Waals surface area (Å²) < 4.78 is 23.2. The molecule has 2 heterocycles. The average Bonchev–Trinajstić information content (AvgIpc) is 3.30. The number of hydrogen-bond acceptors (Lipinski definition) is 5. The summed E-state index contributed by atoms with van der Waals surface area (Å²) in [6.07, 6.45) is 0.695. The Bertz CT molecular complexity index is 814. The van der Waals surface area contributed by atoms with Gasteiger partial charge in [0, 0.05) is 9.75 Å². The Balaban J connectivity index is 1.47. The summed E-state index contributed by atoms with van der Waals surface area (Å²) in [6.45, 7) is 0.181. The van der Waals surface area contributed by atoms with E-state index >= 15 is 0 Å². The van der Waals surface area contributed by atoms with Crippen LogP contribution >= 0.6 is 11.3 Å². The van der Waals surface area contributed by atoms with Gasteiger partial charge in [-0.1, -0.05) is 0 Å². The number of halogens is 1. The lowest BCUT2D eigenvalue weighted by atomic mass is 10.2. The van der Waals surface area contributed by atoms with E-state index in [2.05, 4.69) is 5.32 Å². The van der Waals surface area contributed by atoms with Crippen LogP contribution in [0.2, 0.25) is 0 Å². The first-order valence-corrected chi connectivity index (χ1v) is 8.38. The van der Waals surface area contributed by atoms with Gasteiger partial charge in [0.15, 0.2) is 6.61 Å². The van der Waals surface area contributed by atoms with Crippen LogP contribution < -0.4 is 10.1 Å². The van der Waals surface area contributed by atoms with E-state index in [-0.39, 0.29) is 18.3 Å². The van der Waals surface area contributed by atoms with Crippen molar-refractivity contribution in [3.05, 3.63) is 76.1 Å². The van der Waals surface area contributed by atoms with Crippen LogP contribution in [0.5, 0.6) is 5.75 Å². The minimum Gasteiger partial charge on any atom is -0.484 e. The van der Waals surface area contributed by atoms with Crippen molar-refractivity contribution >= 4 is 17.2 Å². The van der Waals surface area contributed by atoms with Crippen molar-refractivity contribution in [3.8, 4) is 5.75 Å². The maximum atomic E-state index is 12.8. The van der Waals surface area contributed by atoms with Gasteiger partial charge in [-0.3, -0.25) is 4.79 Å². The number of aliphatic hydroxyl groups excluding tert-OH is 1. The van der Waals surface area contributed by atoms with Gasteiger partial charge in [-0.05, 0) is 48.5 Å². The topological polar surface area (TPSA) is 71.7 Å². The minimum atomic E-state index is -0.814. The Hall–Kier alpha value is -2.64. The van der Waals surface area contributed by atoms with Gasteiger partial charge in [0.2, 0.25) is 0 Å². The largest absolute Gasteiger partial charge is 0.484 e. The summed E-state index contributed by atoms with van der Waals surface area (Å²) >= 11 is 1.39. The third-order valence-corrected chi connectivity index (χ3v) is 4.55. The highest BCUT2D eigenvalue weighted by atomic mass is 32.1. The van der Waals surface area contributed by atoms with Crippen molar-refractivity contribution in [2.75, 3.05) is 6.61 Å². The molecule has 0 saturated heterocycles. The average molecular weight is 361 g/mol. The zero-order valence-corrected chi connectivity index (χ0v) is 14.0. The normalized spacial score (nSPS) is 11.9. The van der Waals surface area contributed by atoms with Gasteiger partial charge >= 0.3 is 0 Å². The van der Waals surface area contributed by atoms with Crippen molar-refractivity contribution < 1.29 is 23.4 Å². The quantitative estimate of drug-likeness (QED) is 0.678. The number of benzene rings is 1. The first kappa shape index (κ1) is 17.2. The number of carbonyl (C=O) groups is 1. The first-order valence-electron chi connectivity index (χ1n) is 7.57. The van der Waals surface area contributed by atoms with E-state index in [4.69, 9.17) is 9.15 Å². The molecule has 1 atom stereocenters. The third kappa shape index (κ3) is 4.68. The molecule has 0 saturated carbocycles. The van der Waals surface area contributed by atoms with Crippen LogP contribution in [0.15, 0.2) is 59.2 Å². The molecule has 3 aromatic rings. The SMILES string of the molecule is O=C(COc1ccc(F)cc1)NCc1ccc(C(O)c2ccco2)s1. The molecule has 1 amide bonds. The maximum absolute atomic E-state index is 12.8. The summed E-state index contributed by atoms with van der Waals surface area (Å²) in [5.41, 5.74) is 0. The second kappa shape index (κ2) is 7.96. The van der Waals surface area contributed by atoms with Gasteiger partial charge in [-0.15, -0.1) is 11.3 Å². The van der Waals surface area contributed by atoms with Crippen molar-refractivity contribution in [2.45, 2.75) is 12.6 Å². The zero-order chi connectivity index (χ0) is 17.6. The molecule has 1 unspecified atom stereocenters. The number of hydrogen-bond donors (Lipinski definition) is 2. The number of aliphatic hydroxyl groups is 1. The van der Waals surface area contributed by atoms with Gasteiger partial charge in [-0.2, -0.15) is 0 Å². The minimum absolute atomic E-state index is 0.154. The fourth-order valence-electron chi connectivity index (χ4n) is 2.14. The Morgan fingerprint density at radius 1 is 1.24 bits per heavy atom. The second-order valence-corrected chi connectivity index (χ2v) is 6.44. The number of amides is 1. The summed E-state index contributed by atoms with van der Waals surface area (Å²) in [7, 11) is 0. The van der Waals surface area contributed by atoms with Crippen LogP contribution in [0, 0.1) is 5.82 Å². The van der Waals surface area contributed by atoms with Crippen LogP contribution in [-0.2, 0) is 11.3 Å². The van der Waals surface area contributed by atoms with Crippen LogP contribution in [0.4, 0.5) is 4.39 Å². The lowest BCUT2D eigenvalue weighted by Crippen LogP contribution is -2.28. The lowest BCUT2D eigenvalue weighted by Gasteiger charge is -2.07. The van der Waals surface area contributed by atoms with E-state index in [9.17, 15) is 14.3 Å². The van der Waals surface area contributed by atoms with Crippen LogP contribution in [-0.4, -0.2) is 17.6 Å². The molecule has 0 bridgehead atoms. The first-order chi connectivity index (χ1) is 12.1. The molecular formula is C18H16FNO4S. The maximum Gasteiger partial charge on any atom is 0.258 e. The second-order valence-electron chi connectivity index (χ2n) is 5.24. The number of rotatable bonds is 7. The molecule has 0 aliphatic rings. The highest BCUT2D eigenvalue weighted by molar-refractivity contribution is 7.12. The monoisotopic (exact) mass is 361 g/mol. The third-order valence-electron chi connectivity index (χ3n) is 3.41. The molecule has 7 heteroatoms. The molecule has 25 heavy (non-hydrogen) atoms. The van der Waals surface area contributed by atoms with E-state index < -0.39 is 6.10 Å². The van der Waals surface area contributed by atoms with Crippen molar-refractivity contribution in [1.82, 2.24) is 5.32 Å². The van der Waals surface area contributed by atoms with E-state index in [1.54, 1.807) is 18.2 Å². The molecule has 0 spiro atoms. The molecule has 2 aromatic heterocycles. The van der Waals surface area contributed by atoms with Crippen LogP contribution in [0.25, 0.3) is 0 Å². The Labute approximate surface area is 147 Å². The van der Waals surface area contributed by atoms with E-state index in [1.807, 2.05) is 6.07 Å². The standard InChI is InChI=1S/C18H16FNO4S/c19-12-3-5-13(6-4-12)24-11-17(21)20-10-14-7-8-16(25-14)18(22)15-2-1-9-23-15/h1-9,18,22H,10-11H2,(H,20,21). The summed E-state index contributed by atoms with van der Waals surface area (Å²) in [6, 6.07) is 12.5. The van der Waals surface area contributed by atoms with Crippen LogP contribution in [0.1, 0.15) is 21.6 Å². The smallest absolute Gasteiger partial charge is 0.258 e. The van der Waals surface area contributed by atoms with Crippen molar-refractivity contribution in [1.29, 1.82) is 0 Å². The van der Waals surface area contributed by atoms with E-state index in [0.717, 1.165) is 9.75 Å². The Morgan fingerprint density at radius 2 is 2.04 bits per heavy atom. The van der Waals surface area contributed by atoms with E-state index in [0.29, 0.717) is 18.1 Å². The highest BCUT2D eigenvalue weighted by Gasteiger charge is 2.15. The molecule has 0 fully saturated rings. The fraction of sp³-hybridized carbons (Fsp3) is 0.167. The van der Waals surface area contributed by atoms with Gasteiger partial charge in [0.05, 0.1) is 12.8 Å². The summed E-state index contributed by atoms with van der Waals surface area (Å²) in [4.78, 5) is 13.5. The predicted molar refractivity (Wildman–Crippen MR) is 90.8 cm³/mol. The number of carbonyl (C=O) groups excluding carboxylic acids is 1. The number of ether oxygens (including phenoxy) is 1. The molecule has 0 aliphatic carbocycles. The molecule has 0 aliphatic heterocycles. The zero-order valence-electron chi connectivity index (χ0n) is 13.1. The molecule has 0 radical (unpaired) electrons. The summed E-state index contributed by atoms with van der Waals surface area (Å²) in [5.74, 6) is 0.259. The Morgan fingerprint density at radius 3 is 2.76 bits per heavy atom. The van der Waals surface area contributed by atoms with Gasteiger partial charge < -0.3 is 19.6 Å². The summed E-state index contributed by atoms with van der Waals surface area (Å²) in [5, 5.41) is 12.9. The number of furan rings is 1. The molecular weight excluding hydrogens is 345 g/mol. The van der Waals surface area contributed by atoms with Gasteiger partial charge in [0.1, 0.15) is 23.4 Å². The molecule has 1 aromatic carbocycles. The lowest BCUT2D eigenvalue weighted by molar-refractivity contribution is -0.123. The molecule has 2 N–H and O–H groups in total. The number of thiophene rings is 1. The Kier molecular flexibility index (Phi) is 5.47. The molecule has 130 valence electrons. The van der Waals surface area contributed by atoms with Gasteiger partial charge in [-0.25, -0.2) is 4.39 Å². The van der Waals surface area contributed by atoms with Crippen molar-refractivity contribution in [2.24, 2.45) is 0 Å². The molecule has 3 rings (SSSR count). The number of nitrogens with one attached hydrogen (secondary N) is 1. The highest BCUT2D eigenvalue weighted by Crippen LogP contribution is 2.28. The predicted octanol–water partition coefficient (Wildman–Crippen LogP) is 3.26. The fourth-order valence-corrected chi connectivity index (χ4v) is 3.09. The van der Waals surface area contributed by atoms with Gasteiger partial charge in [0.25, 0.3) is 5.91 Å². The molecule has 5 nitrogen and oxygen atoms in total. The van der Waals surface area contributed by atoms with Crippen LogP contribution in [0.3, 0.4) is 0 Å².